The second-order valence-corrected chi connectivity index (χ2v) is 4.63. The molecule has 0 heterocycles. The third kappa shape index (κ3) is 3.88. The SMILES string of the molecule is CCCC(CC(=O)OC)c1cc(C)ccc1C. The first-order valence-corrected chi connectivity index (χ1v) is 6.22. The maximum absolute atomic E-state index is 11.4. The van der Waals surface area contributed by atoms with E-state index in [0.29, 0.717) is 6.42 Å². The molecule has 1 aromatic carbocycles. The molecule has 0 bridgehead atoms. The van der Waals surface area contributed by atoms with Crippen molar-refractivity contribution < 1.29 is 9.53 Å². The molecule has 0 spiro atoms. The minimum atomic E-state index is -0.121. The lowest BCUT2D eigenvalue weighted by Crippen LogP contribution is -2.10. The molecular weight excluding hydrogens is 212 g/mol. The van der Waals surface area contributed by atoms with E-state index in [2.05, 4.69) is 39.0 Å². The average molecular weight is 234 g/mol. The highest BCUT2D eigenvalue weighted by Gasteiger charge is 2.17. The van der Waals surface area contributed by atoms with Crippen molar-refractivity contribution in [3.05, 3.63) is 34.9 Å². The molecule has 17 heavy (non-hydrogen) atoms. The largest absolute Gasteiger partial charge is 0.469 e. The zero-order chi connectivity index (χ0) is 12.8. The van der Waals surface area contributed by atoms with Gasteiger partial charge in [0.1, 0.15) is 0 Å². The topological polar surface area (TPSA) is 26.3 Å². The van der Waals surface area contributed by atoms with Crippen molar-refractivity contribution in [3.8, 4) is 0 Å². The third-order valence-corrected chi connectivity index (χ3v) is 3.15. The van der Waals surface area contributed by atoms with Crippen molar-refractivity contribution >= 4 is 5.97 Å². The number of aryl methyl sites for hydroxylation is 2. The first-order valence-electron chi connectivity index (χ1n) is 6.22. The van der Waals surface area contributed by atoms with E-state index in [1.165, 1.54) is 23.8 Å². The van der Waals surface area contributed by atoms with Crippen LogP contribution in [-0.2, 0) is 9.53 Å². The Morgan fingerprint density at radius 2 is 2.06 bits per heavy atom. The van der Waals surface area contributed by atoms with E-state index in [0.717, 1.165) is 12.8 Å². The third-order valence-electron chi connectivity index (χ3n) is 3.15. The number of carbonyl (C=O) groups is 1. The van der Waals surface area contributed by atoms with Crippen LogP contribution in [0.25, 0.3) is 0 Å². The lowest BCUT2D eigenvalue weighted by atomic mass is 9.87. The Bertz CT molecular complexity index is 383. The van der Waals surface area contributed by atoms with Gasteiger partial charge in [-0.3, -0.25) is 4.79 Å². The molecule has 0 aliphatic heterocycles. The number of esters is 1. The van der Waals surface area contributed by atoms with Crippen molar-refractivity contribution in [2.75, 3.05) is 7.11 Å². The number of benzene rings is 1. The molecule has 1 atom stereocenters. The lowest BCUT2D eigenvalue weighted by molar-refractivity contribution is -0.141. The zero-order valence-electron chi connectivity index (χ0n) is 11.2. The van der Waals surface area contributed by atoms with Gasteiger partial charge in [-0.15, -0.1) is 0 Å². The maximum Gasteiger partial charge on any atom is 0.306 e. The quantitative estimate of drug-likeness (QED) is 0.725. The molecule has 94 valence electrons. The van der Waals surface area contributed by atoms with Crippen LogP contribution in [0.5, 0.6) is 0 Å². The first kappa shape index (κ1) is 13.8. The number of carbonyl (C=O) groups excluding carboxylic acids is 1. The lowest BCUT2D eigenvalue weighted by Gasteiger charge is -2.18. The van der Waals surface area contributed by atoms with Gasteiger partial charge in [0.25, 0.3) is 0 Å². The summed E-state index contributed by atoms with van der Waals surface area (Å²) < 4.78 is 4.78. The van der Waals surface area contributed by atoms with E-state index in [4.69, 9.17) is 4.74 Å². The van der Waals surface area contributed by atoms with Crippen molar-refractivity contribution in [3.63, 3.8) is 0 Å². The molecule has 0 aliphatic carbocycles. The number of hydrogen-bond donors (Lipinski definition) is 0. The molecule has 0 aromatic heterocycles. The summed E-state index contributed by atoms with van der Waals surface area (Å²) >= 11 is 0. The van der Waals surface area contributed by atoms with Gasteiger partial charge in [0.15, 0.2) is 0 Å². The van der Waals surface area contributed by atoms with E-state index in [1.807, 2.05) is 0 Å². The summed E-state index contributed by atoms with van der Waals surface area (Å²) in [6, 6.07) is 6.43. The number of methoxy groups -OCH3 is 1. The molecule has 0 fully saturated rings. The first-order chi connectivity index (χ1) is 8.08. The summed E-state index contributed by atoms with van der Waals surface area (Å²) in [7, 11) is 1.45. The second-order valence-electron chi connectivity index (χ2n) is 4.63. The zero-order valence-corrected chi connectivity index (χ0v) is 11.2. The monoisotopic (exact) mass is 234 g/mol. The van der Waals surface area contributed by atoms with Crippen LogP contribution in [-0.4, -0.2) is 13.1 Å². The van der Waals surface area contributed by atoms with E-state index in [-0.39, 0.29) is 11.9 Å². The minimum absolute atomic E-state index is 0.121. The van der Waals surface area contributed by atoms with Crippen LogP contribution in [0.3, 0.4) is 0 Å². The van der Waals surface area contributed by atoms with Crippen LogP contribution in [0.15, 0.2) is 18.2 Å². The van der Waals surface area contributed by atoms with E-state index in [9.17, 15) is 4.79 Å². The Kier molecular flexibility index (Phi) is 5.20. The van der Waals surface area contributed by atoms with Crippen LogP contribution < -0.4 is 0 Å². The predicted octanol–water partition coefficient (Wildman–Crippen LogP) is 3.75. The Hall–Kier alpha value is -1.31. The Morgan fingerprint density at radius 1 is 1.35 bits per heavy atom. The standard InChI is InChI=1S/C15H22O2/c1-5-6-13(10-15(16)17-4)14-9-11(2)7-8-12(14)3/h7-9,13H,5-6,10H2,1-4H3. The molecule has 1 aromatic rings. The molecule has 1 unspecified atom stereocenters. The fourth-order valence-corrected chi connectivity index (χ4v) is 2.20. The van der Waals surface area contributed by atoms with Gasteiger partial charge >= 0.3 is 5.97 Å². The van der Waals surface area contributed by atoms with Crippen LogP contribution in [0.2, 0.25) is 0 Å². The van der Waals surface area contributed by atoms with Crippen molar-refractivity contribution in [1.82, 2.24) is 0 Å². The molecule has 0 N–H and O–H groups in total. The summed E-state index contributed by atoms with van der Waals surface area (Å²) in [4.78, 5) is 11.4. The summed E-state index contributed by atoms with van der Waals surface area (Å²) in [6.07, 6.45) is 2.59. The van der Waals surface area contributed by atoms with Crippen molar-refractivity contribution in [2.24, 2.45) is 0 Å². The van der Waals surface area contributed by atoms with Crippen molar-refractivity contribution in [2.45, 2.75) is 46.0 Å². The highest BCUT2D eigenvalue weighted by Crippen LogP contribution is 2.28. The van der Waals surface area contributed by atoms with E-state index in [1.54, 1.807) is 0 Å². The van der Waals surface area contributed by atoms with Crippen LogP contribution in [0.4, 0.5) is 0 Å². The fraction of sp³-hybridized carbons (Fsp3) is 0.533. The van der Waals surface area contributed by atoms with E-state index >= 15 is 0 Å². The number of hydrogen-bond acceptors (Lipinski definition) is 2. The fourth-order valence-electron chi connectivity index (χ4n) is 2.20. The highest BCUT2D eigenvalue weighted by molar-refractivity contribution is 5.70. The van der Waals surface area contributed by atoms with Gasteiger partial charge < -0.3 is 4.74 Å². The molecular formula is C15H22O2. The molecule has 0 amide bonds. The molecule has 0 saturated heterocycles. The molecule has 0 saturated carbocycles. The molecule has 2 heteroatoms. The normalized spacial score (nSPS) is 12.2. The van der Waals surface area contributed by atoms with Crippen LogP contribution in [0.1, 0.15) is 48.8 Å². The Morgan fingerprint density at radius 3 is 2.65 bits per heavy atom. The summed E-state index contributed by atoms with van der Waals surface area (Å²) in [5.41, 5.74) is 3.80. The summed E-state index contributed by atoms with van der Waals surface area (Å²) in [5, 5.41) is 0. The average Bonchev–Trinajstić information content (AvgIpc) is 2.31. The maximum atomic E-state index is 11.4. The Balaban J connectivity index is 2.95. The van der Waals surface area contributed by atoms with Gasteiger partial charge in [-0.05, 0) is 37.3 Å². The Labute approximate surface area is 104 Å². The van der Waals surface area contributed by atoms with Crippen LogP contribution >= 0.6 is 0 Å². The van der Waals surface area contributed by atoms with Gasteiger partial charge in [-0.25, -0.2) is 0 Å². The van der Waals surface area contributed by atoms with E-state index < -0.39 is 0 Å². The van der Waals surface area contributed by atoms with Crippen LogP contribution in [0, 0.1) is 13.8 Å². The smallest absolute Gasteiger partial charge is 0.306 e. The van der Waals surface area contributed by atoms with Crippen molar-refractivity contribution in [1.29, 1.82) is 0 Å². The summed E-state index contributed by atoms with van der Waals surface area (Å²) in [5.74, 6) is 0.164. The highest BCUT2D eigenvalue weighted by atomic mass is 16.5. The van der Waals surface area contributed by atoms with Gasteiger partial charge in [-0.1, -0.05) is 37.1 Å². The van der Waals surface area contributed by atoms with Gasteiger partial charge in [0.05, 0.1) is 13.5 Å². The number of rotatable bonds is 5. The molecule has 2 nitrogen and oxygen atoms in total. The predicted molar refractivity (Wildman–Crippen MR) is 70.2 cm³/mol. The molecule has 1 rings (SSSR count). The second kappa shape index (κ2) is 6.43. The van der Waals surface area contributed by atoms with Gasteiger partial charge in [-0.2, -0.15) is 0 Å². The molecule has 0 aliphatic rings. The molecule has 0 radical (unpaired) electrons. The minimum Gasteiger partial charge on any atom is -0.469 e. The number of ether oxygens (including phenoxy) is 1. The summed E-state index contributed by atoms with van der Waals surface area (Å²) in [6.45, 7) is 6.34. The van der Waals surface area contributed by atoms with Gasteiger partial charge in [0, 0.05) is 0 Å². The van der Waals surface area contributed by atoms with Gasteiger partial charge in [0.2, 0.25) is 0 Å².